The van der Waals surface area contributed by atoms with E-state index >= 15 is 0 Å². The molecule has 1 aromatic rings. The summed E-state index contributed by atoms with van der Waals surface area (Å²) in [6, 6.07) is 7.25. The van der Waals surface area contributed by atoms with E-state index in [0.717, 1.165) is 30.1 Å². The number of hydrogen-bond donors (Lipinski definition) is 0. The van der Waals surface area contributed by atoms with Crippen LogP contribution in [-0.2, 0) is 6.42 Å². The highest BCUT2D eigenvalue weighted by Gasteiger charge is 2.30. The first kappa shape index (κ1) is 16.8. The Balaban J connectivity index is 1.54. The van der Waals surface area contributed by atoms with Crippen LogP contribution in [0.15, 0.2) is 30.9 Å². The molecule has 2 aliphatic carbocycles. The molecule has 23 heavy (non-hydrogen) atoms. The lowest BCUT2D eigenvalue weighted by Gasteiger charge is -2.37. The zero-order valence-corrected chi connectivity index (χ0v) is 15.2. The molecule has 2 saturated carbocycles. The highest BCUT2D eigenvalue weighted by Crippen LogP contribution is 2.44. The van der Waals surface area contributed by atoms with Crippen LogP contribution in [0.4, 0.5) is 0 Å². The molecule has 1 aromatic carbocycles. The van der Waals surface area contributed by atoms with Crippen LogP contribution in [0.1, 0.15) is 80.9 Å². The van der Waals surface area contributed by atoms with Gasteiger partial charge in [-0.3, -0.25) is 0 Å². The van der Waals surface area contributed by atoms with Gasteiger partial charge in [-0.05, 0) is 105 Å². The van der Waals surface area contributed by atoms with Crippen molar-refractivity contribution in [3.63, 3.8) is 0 Å². The van der Waals surface area contributed by atoms with Crippen molar-refractivity contribution in [3.8, 4) is 0 Å². The molecule has 2 fully saturated rings. The van der Waals surface area contributed by atoms with Gasteiger partial charge >= 0.3 is 0 Å². The quantitative estimate of drug-likeness (QED) is 0.535. The Labute approximate surface area is 143 Å². The lowest BCUT2D eigenvalue weighted by Crippen LogP contribution is -2.25. The van der Waals surface area contributed by atoms with Gasteiger partial charge in [0, 0.05) is 0 Å². The van der Waals surface area contributed by atoms with Gasteiger partial charge in [0.1, 0.15) is 0 Å². The van der Waals surface area contributed by atoms with Crippen molar-refractivity contribution in [3.05, 3.63) is 47.5 Å². The standard InChI is InChI=1S/C23H34/c1-4-18-6-8-20(9-7-18)21-11-13-22(14-12-21)23-15-10-19(5-2)17(3)16-23/h4,10,15-16,18,20-22H,1,5-9,11-14H2,2-3H3. The average molecular weight is 311 g/mol. The Hall–Kier alpha value is -1.04. The molecule has 2 aliphatic rings. The summed E-state index contributed by atoms with van der Waals surface area (Å²) in [5.41, 5.74) is 4.62. The molecular weight excluding hydrogens is 276 g/mol. The number of aryl methyl sites for hydroxylation is 2. The van der Waals surface area contributed by atoms with Crippen LogP contribution in [-0.4, -0.2) is 0 Å². The molecule has 0 spiro atoms. The van der Waals surface area contributed by atoms with E-state index in [1.165, 1.54) is 62.5 Å². The second kappa shape index (κ2) is 7.69. The van der Waals surface area contributed by atoms with Gasteiger partial charge in [-0.15, -0.1) is 6.58 Å². The van der Waals surface area contributed by atoms with E-state index in [4.69, 9.17) is 0 Å². The first-order valence-corrected chi connectivity index (χ1v) is 9.93. The monoisotopic (exact) mass is 310 g/mol. The topological polar surface area (TPSA) is 0 Å². The van der Waals surface area contributed by atoms with Gasteiger partial charge in [0.15, 0.2) is 0 Å². The van der Waals surface area contributed by atoms with Crippen LogP contribution < -0.4 is 0 Å². The predicted octanol–water partition coefficient (Wildman–Crippen LogP) is 6.82. The molecule has 0 heterocycles. The second-order valence-electron chi connectivity index (χ2n) is 8.06. The third kappa shape index (κ3) is 3.90. The van der Waals surface area contributed by atoms with Crippen LogP contribution in [0, 0.1) is 24.7 Å². The molecular formula is C23H34. The van der Waals surface area contributed by atoms with Crippen LogP contribution in [0.3, 0.4) is 0 Å². The Bertz CT molecular complexity index is 511. The molecule has 3 rings (SSSR count). The summed E-state index contributed by atoms with van der Waals surface area (Å²) in [5, 5.41) is 0. The SMILES string of the molecule is C=CC1CCC(C2CCC(c3ccc(CC)c(C)c3)CC2)CC1. The summed E-state index contributed by atoms with van der Waals surface area (Å²) >= 11 is 0. The maximum Gasteiger partial charge on any atom is -0.0162 e. The fourth-order valence-corrected chi connectivity index (χ4v) is 5.15. The molecule has 0 N–H and O–H groups in total. The van der Waals surface area contributed by atoms with E-state index in [1.807, 2.05) is 0 Å². The van der Waals surface area contributed by atoms with E-state index in [1.54, 1.807) is 5.56 Å². The maximum atomic E-state index is 3.98. The lowest BCUT2D eigenvalue weighted by atomic mass is 9.68. The lowest BCUT2D eigenvalue weighted by molar-refractivity contribution is 0.171. The summed E-state index contributed by atoms with van der Waals surface area (Å²) in [7, 11) is 0. The zero-order chi connectivity index (χ0) is 16.2. The van der Waals surface area contributed by atoms with Gasteiger partial charge in [0.2, 0.25) is 0 Å². The number of hydrogen-bond acceptors (Lipinski definition) is 0. The number of benzene rings is 1. The minimum Gasteiger partial charge on any atom is -0.103 e. The van der Waals surface area contributed by atoms with Crippen molar-refractivity contribution in [1.82, 2.24) is 0 Å². The van der Waals surface area contributed by atoms with Crippen LogP contribution in [0.5, 0.6) is 0 Å². The van der Waals surface area contributed by atoms with E-state index in [2.05, 4.69) is 44.7 Å². The molecule has 0 aliphatic heterocycles. The van der Waals surface area contributed by atoms with E-state index < -0.39 is 0 Å². The van der Waals surface area contributed by atoms with Gasteiger partial charge in [0.05, 0.1) is 0 Å². The van der Waals surface area contributed by atoms with Crippen molar-refractivity contribution in [1.29, 1.82) is 0 Å². The van der Waals surface area contributed by atoms with Crippen LogP contribution in [0.25, 0.3) is 0 Å². The number of rotatable bonds is 4. The van der Waals surface area contributed by atoms with Crippen LogP contribution in [0.2, 0.25) is 0 Å². The summed E-state index contributed by atoms with van der Waals surface area (Å²) in [4.78, 5) is 0. The predicted molar refractivity (Wildman–Crippen MR) is 101 cm³/mol. The van der Waals surface area contributed by atoms with E-state index in [9.17, 15) is 0 Å². The largest absolute Gasteiger partial charge is 0.103 e. The van der Waals surface area contributed by atoms with Crippen molar-refractivity contribution >= 4 is 0 Å². The summed E-state index contributed by atoms with van der Waals surface area (Å²) in [6.45, 7) is 8.53. The molecule has 0 amide bonds. The maximum absolute atomic E-state index is 3.98. The van der Waals surface area contributed by atoms with Crippen molar-refractivity contribution < 1.29 is 0 Å². The third-order valence-corrected chi connectivity index (χ3v) is 6.81. The first-order chi connectivity index (χ1) is 11.2. The van der Waals surface area contributed by atoms with Gasteiger partial charge in [-0.2, -0.15) is 0 Å². The van der Waals surface area contributed by atoms with Gasteiger partial charge in [-0.25, -0.2) is 0 Å². The van der Waals surface area contributed by atoms with Gasteiger partial charge in [-0.1, -0.05) is 31.2 Å². The van der Waals surface area contributed by atoms with Crippen LogP contribution >= 0.6 is 0 Å². The summed E-state index contributed by atoms with van der Waals surface area (Å²) in [6.07, 6.45) is 14.8. The fraction of sp³-hybridized carbons (Fsp3) is 0.652. The third-order valence-electron chi connectivity index (χ3n) is 6.81. The molecule has 0 nitrogen and oxygen atoms in total. The zero-order valence-electron chi connectivity index (χ0n) is 15.2. The highest BCUT2D eigenvalue weighted by molar-refractivity contribution is 5.33. The fourth-order valence-electron chi connectivity index (χ4n) is 5.15. The molecule has 0 atom stereocenters. The molecule has 126 valence electrons. The molecule has 0 saturated heterocycles. The Morgan fingerprint density at radius 2 is 1.57 bits per heavy atom. The smallest absolute Gasteiger partial charge is 0.0162 e. The Morgan fingerprint density at radius 3 is 2.09 bits per heavy atom. The first-order valence-electron chi connectivity index (χ1n) is 9.93. The highest BCUT2D eigenvalue weighted by atomic mass is 14.4. The minimum absolute atomic E-state index is 0.808. The summed E-state index contributed by atoms with van der Waals surface area (Å²) < 4.78 is 0. The molecule has 0 bridgehead atoms. The minimum atomic E-state index is 0.808. The molecule has 0 unspecified atom stereocenters. The van der Waals surface area contributed by atoms with Crippen molar-refractivity contribution in [2.45, 2.75) is 77.6 Å². The molecule has 0 aromatic heterocycles. The second-order valence-corrected chi connectivity index (χ2v) is 8.06. The Kier molecular flexibility index (Phi) is 5.62. The number of allylic oxidation sites excluding steroid dienone is 1. The van der Waals surface area contributed by atoms with Gasteiger partial charge < -0.3 is 0 Å². The van der Waals surface area contributed by atoms with Crippen molar-refractivity contribution in [2.75, 3.05) is 0 Å². The van der Waals surface area contributed by atoms with E-state index in [-0.39, 0.29) is 0 Å². The summed E-state index contributed by atoms with van der Waals surface area (Å²) in [5.74, 6) is 3.65. The molecule has 0 radical (unpaired) electrons. The van der Waals surface area contributed by atoms with Crippen molar-refractivity contribution in [2.24, 2.45) is 17.8 Å². The normalized spacial score (nSPS) is 31.7. The average Bonchev–Trinajstić information content (AvgIpc) is 2.62. The molecule has 0 heteroatoms. The van der Waals surface area contributed by atoms with Gasteiger partial charge in [0.25, 0.3) is 0 Å². The van der Waals surface area contributed by atoms with E-state index in [0.29, 0.717) is 0 Å². The Morgan fingerprint density at radius 1 is 0.957 bits per heavy atom.